The Morgan fingerprint density at radius 2 is 2.03 bits per heavy atom. The van der Waals surface area contributed by atoms with E-state index in [1.807, 2.05) is 23.9 Å². The molecule has 3 aliphatic rings. The van der Waals surface area contributed by atoms with Crippen LogP contribution in [-0.2, 0) is 33.0 Å². The lowest BCUT2D eigenvalue weighted by Gasteiger charge is -2.45. The molecule has 1 aromatic heterocycles. The Bertz CT molecular complexity index is 852. The number of carbonyl (C=O) groups is 1. The largest absolute Gasteiger partial charge is 0.466 e. The molecule has 0 radical (unpaired) electrons. The number of carbonyl (C=O) groups excluding carboxylic acids is 1. The smallest absolute Gasteiger partial charge is 0.312 e. The van der Waals surface area contributed by atoms with E-state index >= 15 is 0 Å². The summed E-state index contributed by atoms with van der Waals surface area (Å²) in [6, 6.07) is 11.5. The Balaban J connectivity index is 1.34. The van der Waals surface area contributed by atoms with Gasteiger partial charge >= 0.3 is 5.97 Å². The molecule has 29 heavy (non-hydrogen) atoms. The molecule has 2 fully saturated rings. The number of hydrogen-bond acceptors (Lipinski definition) is 5. The molecule has 0 aliphatic carbocycles. The first kappa shape index (κ1) is 18.8. The maximum absolute atomic E-state index is 12.7. The summed E-state index contributed by atoms with van der Waals surface area (Å²) in [5.41, 5.74) is 2.58. The number of piperidine rings is 1. The second kappa shape index (κ2) is 7.58. The lowest BCUT2D eigenvalue weighted by molar-refractivity contribution is -0.151. The number of benzene rings is 1. The first-order valence-corrected chi connectivity index (χ1v) is 10.8. The molecular weight excluding hydrogens is 366 g/mol. The van der Waals surface area contributed by atoms with Crippen LogP contribution in [0.25, 0.3) is 0 Å². The van der Waals surface area contributed by atoms with Gasteiger partial charge in [-0.2, -0.15) is 5.10 Å². The van der Waals surface area contributed by atoms with Crippen LogP contribution in [0.4, 0.5) is 0 Å². The molecule has 6 nitrogen and oxygen atoms in total. The molecule has 0 saturated carbocycles. The van der Waals surface area contributed by atoms with E-state index in [1.54, 1.807) is 6.20 Å². The van der Waals surface area contributed by atoms with Gasteiger partial charge in [-0.15, -0.1) is 0 Å². The van der Waals surface area contributed by atoms with E-state index in [0.29, 0.717) is 25.2 Å². The van der Waals surface area contributed by atoms with Gasteiger partial charge in [0.25, 0.3) is 0 Å². The van der Waals surface area contributed by atoms with Crippen molar-refractivity contribution in [2.24, 2.45) is 5.92 Å². The Hall–Kier alpha value is -2.18. The highest BCUT2D eigenvalue weighted by atomic mass is 16.5. The van der Waals surface area contributed by atoms with Crippen LogP contribution in [0, 0.1) is 5.92 Å². The Kier molecular flexibility index (Phi) is 4.92. The fourth-order valence-corrected chi connectivity index (χ4v) is 5.67. The molecule has 1 aromatic carbocycles. The third-order valence-corrected chi connectivity index (χ3v) is 6.93. The van der Waals surface area contributed by atoms with Gasteiger partial charge in [0.1, 0.15) is 0 Å². The van der Waals surface area contributed by atoms with Crippen LogP contribution >= 0.6 is 0 Å². The Morgan fingerprint density at radius 1 is 1.24 bits per heavy atom. The summed E-state index contributed by atoms with van der Waals surface area (Å²) in [6.07, 6.45) is 8.04. The maximum Gasteiger partial charge on any atom is 0.312 e. The number of esters is 1. The second-order valence-corrected chi connectivity index (χ2v) is 8.61. The average Bonchev–Trinajstić information content (AvgIpc) is 3.41. The zero-order chi connectivity index (χ0) is 19.8. The van der Waals surface area contributed by atoms with Crippen molar-refractivity contribution in [3.8, 4) is 0 Å². The van der Waals surface area contributed by atoms with Gasteiger partial charge in [-0.3, -0.25) is 14.4 Å². The fraction of sp³-hybridized carbons (Fsp3) is 0.565. The number of rotatable bonds is 6. The highest BCUT2D eigenvalue weighted by Gasteiger charge is 2.52. The van der Waals surface area contributed by atoms with Crippen molar-refractivity contribution in [1.29, 1.82) is 0 Å². The molecule has 2 aromatic rings. The molecule has 154 valence electrons. The van der Waals surface area contributed by atoms with Gasteiger partial charge in [-0.05, 0) is 49.8 Å². The van der Waals surface area contributed by atoms with Crippen molar-refractivity contribution >= 4 is 5.97 Å². The summed E-state index contributed by atoms with van der Waals surface area (Å²) < 4.78 is 13.7. The average molecular weight is 396 g/mol. The first-order chi connectivity index (χ1) is 14.2. The van der Waals surface area contributed by atoms with Gasteiger partial charge in [0.15, 0.2) is 0 Å². The van der Waals surface area contributed by atoms with Crippen molar-refractivity contribution in [2.45, 2.75) is 63.4 Å². The molecule has 0 N–H and O–H groups in total. The van der Waals surface area contributed by atoms with Crippen LogP contribution in [0.1, 0.15) is 43.7 Å². The molecule has 3 unspecified atom stereocenters. The highest BCUT2D eigenvalue weighted by Crippen LogP contribution is 2.52. The van der Waals surface area contributed by atoms with Crippen LogP contribution in [-0.4, -0.2) is 45.9 Å². The molecule has 4 heterocycles. The normalized spacial score (nSPS) is 29.1. The zero-order valence-corrected chi connectivity index (χ0v) is 17.0. The van der Waals surface area contributed by atoms with E-state index < -0.39 is 0 Å². The minimum atomic E-state index is -0.205. The molecule has 1 spiro atoms. The van der Waals surface area contributed by atoms with Crippen molar-refractivity contribution in [3.63, 3.8) is 0 Å². The molecule has 3 atom stereocenters. The van der Waals surface area contributed by atoms with Crippen molar-refractivity contribution < 1.29 is 14.3 Å². The van der Waals surface area contributed by atoms with E-state index in [0.717, 1.165) is 26.0 Å². The van der Waals surface area contributed by atoms with E-state index in [2.05, 4.69) is 34.3 Å². The number of hydrogen-bond donors (Lipinski definition) is 0. The summed E-state index contributed by atoms with van der Waals surface area (Å²) in [5.74, 6) is -0.325. The molecule has 6 heteroatoms. The monoisotopic (exact) mass is 395 g/mol. The predicted molar refractivity (Wildman–Crippen MR) is 108 cm³/mol. The Morgan fingerprint density at radius 3 is 2.76 bits per heavy atom. The molecular formula is C23H29N3O3. The van der Waals surface area contributed by atoms with Crippen LogP contribution in [0.3, 0.4) is 0 Å². The minimum Gasteiger partial charge on any atom is -0.466 e. The SMILES string of the molecule is CCOC(=O)C(CN1C2CCC1CC1(C2)OCc2ccccc21)Cn1cccn1. The lowest BCUT2D eigenvalue weighted by atomic mass is 9.80. The van der Waals surface area contributed by atoms with E-state index in [1.165, 1.54) is 24.0 Å². The van der Waals surface area contributed by atoms with E-state index in [9.17, 15) is 4.79 Å². The van der Waals surface area contributed by atoms with Gasteiger partial charge in [-0.1, -0.05) is 24.3 Å². The summed E-state index contributed by atoms with van der Waals surface area (Å²) in [6.45, 7) is 4.29. The molecule has 0 amide bonds. The third kappa shape index (κ3) is 3.38. The second-order valence-electron chi connectivity index (χ2n) is 8.61. The van der Waals surface area contributed by atoms with E-state index in [4.69, 9.17) is 9.47 Å². The van der Waals surface area contributed by atoms with Crippen LogP contribution in [0.15, 0.2) is 42.7 Å². The van der Waals surface area contributed by atoms with Crippen LogP contribution in [0.2, 0.25) is 0 Å². The number of ether oxygens (including phenoxy) is 2. The molecule has 5 rings (SSSR count). The molecule has 3 aliphatic heterocycles. The fourth-order valence-electron chi connectivity index (χ4n) is 5.67. The van der Waals surface area contributed by atoms with Gasteiger partial charge in [0.05, 0.1) is 31.3 Å². The Labute approximate surface area is 171 Å². The quantitative estimate of drug-likeness (QED) is 0.704. The van der Waals surface area contributed by atoms with Crippen molar-refractivity contribution in [2.75, 3.05) is 13.2 Å². The predicted octanol–water partition coefficient (Wildman–Crippen LogP) is 3.11. The topological polar surface area (TPSA) is 56.6 Å². The van der Waals surface area contributed by atoms with Crippen LogP contribution < -0.4 is 0 Å². The third-order valence-electron chi connectivity index (χ3n) is 6.93. The number of fused-ring (bicyclic) bond motifs is 4. The summed E-state index contributed by atoms with van der Waals surface area (Å²) >= 11 is 0. The van der Waals surface area contributed by atoms with Gasteiger partial charge in [-0.25, -0.2) is 0 Å². The lowest BCUT2D eigenvalue weighted by Crippen LogP contribution is -2.52. The summed E-state index contributed by atoms with van der Waals surface area (Å²) in [4.78, 5) is 15.2. The summed E-state index contributed by atoms with van der Waals surface area (Å²) in [7, 11) is 0. The van der Waals surface area contributed by atoms with E-state index in [-0.39, 0.29) is 17.5 Å². The molecule has 2 bridgehead atoms. The summed E-state index contributed by atoms with van der Waals surface area (Å²) in [5, 5.41) is 4.30. The highest BCUT2D eigenvalue weighted by molar-refractivity contribution is 5.72. The van der Waals surface area contributed by atoms with Crippen molar-refractivity contribution in [1.82, 2.24) is 14.7 Å². The maximum atomic E-state index is 12.7. The van der Waals surface area contributed by atoms with Gasteiger partial charge in [0, 0.05) is 31.0 Å². The molecule has 2 saturated heterocycles. The van der Waals surface area contributed by atoms with Crippen LogP contribution in [0.5, 0.6) is 0 Å². The van der Waals surface area contributed by atoms with Crippen molar-refractivity contribution in [3.05, 3.63) is 53.9 Å². The minimum absolute atomic E-state index is 0.120. The van der Waals surface area contributed by atoms with Gasteiger partial charge in [0.2, 0.25) is 0 Å². The number of nitrogens with zero attached hydrogens (tertiary/aromatic N) is 3. The van der Waals surface area contributed by atoms with Gasteiger partial charge < -0.3 is 9.47 Å². The number of aromatic nitrogens is 2. The standard InChI is InChI=1S/C23H29N3O3/c1-2-28-22(27)18(14-25-11-5-10-24-25)15-26-19-8-9-20(26)13-23(12-19)21-7-4-3-6-17(21)16-29-23/h3-7,10-11,18-20H,2,8-9,12-16H2,1H3. The zero-order valence-electron chi connectivity index (χ0n) is 17.0. The first-order valence-electron chi connectivity index (χ1n) is 10.8.